The fourth-order valence-corrected chi connectivity index (χ4v) is 1.78. The Morgan fingerprint density at radius 2 is 1.71 bits per heavy atom. The van der Waals surface area contributed by atoms with E-state index in [0.29, 0.717) is 12.1 Å². The van der Waals surface area contributed by atoms with Crippen molar-refractivity contribution in [1.29, 1.82) is 0 Å². The zero-order chi connectivity index (χ0) is 15.4. The predicted molar refractivity (Wildman–Crippen MR) is 75.6 cm³/mol. The first-order valence-corrected chi connectivity index (χ1v) is 6.13. The van der Waals surface area contributed by atoms with E-state index in [0.717, 1.165) is 11.6 Å². The van der Waals surface area contributed by atoms with Crippen LogP contribution in [0.3, 0.4) is 0 Å². The van der Waals surface area contributed by atoms with Gasteiger partial charge in [-0.2, -0.15) is 0 Å². The van der Waals surface area contributed by atoms with Gasteiger partial charge in [-0.1, -0.05) is 12.1 Å². The van der Waals surface area contributed by atoms with E-state index in [1.807, 2.05) is 0 Å². The summed E-state index contributed by atoms with van der Waals surface area (Å²) in [7, 11) is 0. The topological polar surface area (TPSA) is 92.4 Å². The molecule has 0 fully saturated rings. The highest BCUT2D eigenvalue weighted by atomic mass is 19.1. The quantitative estimate of drug-likeness (QED) is 0.786. The lowest BCUT2D eigenvalue weighted by Crippen LogP contribution is -2.11. The molecule has 21 heavy (non-hydrogen) atoms. The molecule has 0 spiro atoms. The van der Waals surface area contributed by atoms with Crippen LogP contribution >= 0.6 is 0 Å². The number of hydrogen-bond acceptors (Lipinski definition) is 3. The van der Waals surface area contributed by atoms with Crippen molar-refractivity contribution in [2.45, 2.75) is 6.54 Å². The number of carbonyl (C=O) groups excluding carboxylic acids is 1. The molecule has 0 aromatic heterocycles. The zero-order valence-corrected chi connectivity index (χ0v) is 11.0. The van der Waals surface area contributed by atoms with E-state index in [4.69, 9.17) is 10.8 Å². The number of aromatic carboxylic acids is 1. The minimum Gasteiger partial charge on any atom is -0.478 e. The van der Waals surface area contributed by atoms with Crippen molar-refractivity contribution in [1.82, 2.24) is 0 Å². The molecule has 4 N–H and O–H groups in total. The summed E-state index contributed by atoms with van der Waals surface area (Å²) >= 11 is 0. The molecule has 1 amide bonds. The van der Waals surface area contributed by atoms with Crippen LogP contribution < -0.4 is 11.1 Å². The molecule has 0 heterocycles. The Morgan fingerprint density at radius 3 is 2.29 bits per heavy atom. The van der Waals surface area contributed by atoms with Crippen LogP contribution in [0.25, 0.3) is 0 Å². The molecule has 108 valence electrons. The minimum atomic E-state index is -1.12. The third-order valence-corrected chi connectivity index (χ3v) is 2.93. The van der Waals surface area contributed by atoms with Crippen LogP contribution in [0.5, 0.6) is 0 Å². The summed E-state index contributed by atoms with van der Waals surface area (Å²) in [6.45, 7) is 0.291. The van der Waals surface area contributed by atoms with Gasteiger partial charge in [-0.3, -0.25) is 4.79 Å². The number of amides is 1. The Bertz CT molecular complexity index is 684. The van der Waals surface area contributed by atoms with Gasteiger partial charge in [0.1, 0.15) is 5.82 Å². The number of nitrogens with one attached hydrogen (secondary N) is 1. The number of carboxylic acid groups (broad SMARTS) is 1. The Balaban J connectivity index is 2.10. The number of anilines is 1. The lowest BCUT2D eigenvalue weighted by Gasteiger charge is -2.09. The molecule has 0 saturated carbocycles. The summed E-state index contributed by atoms with van der Waals surface area (Å²) in [5, 5.41) is 11.7. The standard InChI is InChI=1S/C15H13FN2O3/c16-12-6-5-11(15(20)21)7-13(12)18-8-9-1-3-10(4-2-9)14(17)19/h1-7,18H,8H2,(H2,17,19)(H,20,21). The third-order valence-electron chi connectivity index (χ3n) is 2.93. The van der Waals surface area contributed by atoms with Gasteiger partial charge in [-0.15, -0.1) is 0 Å². The number of primary amides is 1. The number of benzene rings is 2. The highest BCUT2D eigenvalue weighted by molar-refractivity contribution is 5.92. The summed E-state index contributed by atoms with van der Waals surface area (Å²) in [6, 6.07) is 10.0. The lowest BCUT2D eigenvalue weighted by atomic mass is 10.1. The Hall–Kier alpha value is -2.89. The molecule has 0 aliphatic rings. The van der Waals surface area contributed by atoms with Gasteiger partial charge in [-0.05, 0) is 35.9 Å². The SMILES string of the molecule is NC(=O)c1ccc(CNc2cc(C(=O)O)ccc2F)cc1. The van der Waals surface area contributed by atoms with Crippen LogP contribution in [0.2, 0.25) is 0 Å². The van der Waals surface area contributed by atoms with E-state index in [2.05, 4.69) is 5.32 Å². The molecule has 0 aliphatic heterocycles. The van der Waals surface area contributed by atoms with Crippen molar-refractivity contribution in [2.24, 2.45) is 5.73 Å². The van der Waals surface area contributed by atoms with Gasteiger partial charge in [-0.25, -0.2) is 9.18 Å². The number of carboxylic acids is 1. The molecular formula is C15H13FN2O3. The zero-order valence-electron chi connectivity index (χ0n) is 11.0. The number of halogens is 1. The molecule has 0 atom stereocenters. The molecule has 0 bridgehead atoms. The van der Waals surface area contributed by atoms with Gasteiger partial charge in [0.25, 0.3) is 0 Å². The number of nitrogens with two attached hydrogens (primary N) is 1. The molecule has 0 radical (unpaired) electrons. The van der Waals surface area contributed by atoms with E-state index in [1.54, 1.807) is 24.3 Å². The smallest absolute Gasteiger partial charge is 0.335 e. The number of hydrogen-bond donors (Lipinski definition) is 3. The van der Waals surface area contributed by atoms with Crippen LogP contribution in [0, 0.1) is 5.82 Å². The Kier molecular flexibility index (Phi) is 4.18. The van der Waals surface area contributed by atoms with Gasteiger partial charge < -0.3 is 16.2 Å². The largest absolute Gasteiger partial charge is 0.478 e. The fourth-order valence-electron chi connectivity index (χ4n) is 1.78. The van der Waals surface area contributed by atoms with Crippen molar-refractivity contribution in [2.75, 3.05) is 5.32 Å². The highest BCUT2D eigenvalue weighted by Crippen LogP contribution is 2.17. The summed E-state index contributed by atoms with van der Waals surface area (Å²) in [6.07, 6.45) is 0. The second-order valence-electron chi connectivity index (χ2n) is 4.41. The predicted octanol–water partition coefficient (Wildman–Crippen LogP) is 2.23. The van der Waals surface area contributed by atoms with Crippen LogP contribution in [-0.2, 0) is 6.54 Å². The molecule has 0 aliphatic carbocycles. The van der Waals surface area contributed by atoms with Gasteiger partial charge in [0, 0.05) is 12.1 Å². The van der Waals surface area contributed by atoms with Crippen LogP contribution in [0.15, 0.2) is 42.5 Å². The molecule has 2 aromatic carbocycles. The van der Waals surface area contributed by atoms with Gasteiger partial charge in [0.05, 0.1) is 11.3 Å². The highest BCUT2D eigenvalue weighted by Gasteiger charge is 2.08. The molecule has 2 aromatic rings. The Morgan fingerprint density at radius 1 is 1.10 bits per heavy atom. The second-order valence-corrected chi connectivity index (χ2v) is 4.41. The van der Waals surface area contributed by atoms with Gasteiger partial charge in [0.2, 0.25) is 5.91 Å². The van der Waals surface area contributed by atoms with Crippen LogP contribution in [0.4, 0.5) is 10.1 Å². The maximum atomic E-state index is 13.6. The third kappa shape index (κ3) is 3.56. The minimum absolute atomic E-state index is 0.00276. The number of rotatable bonds is 5. The number of carbonyl (C=O) groups is 2. The maximum absolute atomic E-state index is 13.6. The van der Waals surface area contributed by atoms with Crippen molar-refractivity contribution in [3.63, 3.8) is 0 Å². The summed E-state index contributed by atoms with van der Waals surface area (Å²) in [5.41, 5.74) is 6.43. The van der Waals surface area contributed by atoms with E-state index in [9.17, 15) is 14.0 Å². The maximum Gasteiger partial charge on any atom is 0.335 e. The molecule has 5 nitrogen and oxygen atoms in total. The first-order chi connectivity index (χ1) is 9.97. The summed E-state index contributed by atoms with van der Waals surface area (Å²) < 4.78 is 13.6. The van der Waals surface area contributed by atoms with Gasteiger partial charge in [0.15, 0.2) is 0 Å². The lowest BCUT2D eigenvalue weighted by molar-refractivity contribution is 0.0696. The first kappa shape index (κ1) is 14.5. The first-order valence-electron chi connectivity index (χ1n) is 6.13. The van der Waals surface area contributed by atoms with E-state index in [1.165, 1.54) is 12.1 Å². The van der Waals surface area contributed by atoms with E-state index in [-0.39, 0.29) is 11.3 Å². The Labute approximate surface area is 120 Å². The van der Waals surface area contributed by atoms with Crippen LogP contribution in [-0.4, -0.2) is 17.0 Å². The van der Waals surface area contributed by atoms with Crippen LogP contribution in [0.1, 0.15) is 26.3 Å². The van der Waals surface area contributed by atoms with Crippen molar-refractivity contribution < 1.29 is 19.1 Å². The molecule has 6 heteroatoms. The second kappa shape index (κ2) is 6.04. The monoisotopic (exact) mass is 288 g/mol. The van der Waals surface area contributed by atoms with E-state index >= 15 is 0 Å². The van der Waals surface area contributed by atoms with Crippen molar-refractivity contribution in [3.8, 4) is 0 Å². The van der Waals surface area contributed by atoms with Crippen molar-refractivity contribution >= 4 is 17.6 Å². The van der Waals surface area contributed by atoms with Crippen molar-refractivity contribution in [3.05, 3.63) is 65.0 Å². The summed E-state index contributed by atoms with van der Waals surface area (Å²) in [4.78, 5) is 21.8. The normalized spacial score (nSPS) is 10.1. The fraction of sp³-hybridized carbons (Fsp3) is 0.0667. The molecule has 0 saturated heterocycles. The van der Waals surface area contributed by atoms with E-state index < -0.39 is 17.7 Å². The molecular weight excluding hydrogens is 275 g/mol. The summed E-state index contributed by atoms with van der Waals surface area (Å²) in [5.74, 6) is -2.17. The molecule has 0 unspecified atom stereocenters. The van der Waals surface area contributed by atoms with Gasteiger partial charge >= 0.3 is 5.97 Å². The average molecular weight is 288 g/mol. The molecule has 2 rings (SSSR count). The average Bonchev–Trinajstić information content (AvgIpc) is 2.46.